The van der Waals surface area contributed by atoms with Gasteiger partial charge in [-0.2, -0.15) is 0 Å². The van der Waals surface area contributed by atoms with Crippen molar-refractivity contribution in [3.63, 3.8) is 0 Å². The number of esters is 1. The van der Waals surface area contributed by atoms with Crippen molar-refractivity contribution >= 4 is 43.3 Å². The Morgan fingerprint density at radius 1 is 1.35 bits per heavy atom. The molecule has 4 nitrogen and oxygen atoms in total. The maximum absolute atomic E-state index is 12.4. The highest BCUT2D eigenvalue weighted by Crippen LogP contribution is 2.51. The number of hydrogen-bond donors (Lipinski definition) is 0. The van der Waals surface area contributed by atoms with Crippen LogP contribution < -0.4 is 0 Å². The van der Waals surface area contributed by atoms with Gasteiger partial charge < -0.3 is 9.16 Å². The van der Waals surface area contributed by atoms with Crippen LogP contribution in [0.15, 0.2) is 11.6 Å². The third kappa shape index (κ3) is 2.82. The van der Waals surface area contributed by atoms with Crippen molar-refractivity contribution < 1.29 is 18.8 Å². The van der Waals surface area contributed by atoms with Gasteiger partial charge >= 0.3 is 5.97 Å². The third-order valence-corrected chi connectivity index (χ3v) is 4.78. The summed E-state index contributed by atoms with van der Waals surface area (Å²) in [5.74, 6) is -1.26. The Labute approximate surface area is 130 Å². The lowest BCUT2D eigenvalue weighted by Crippen LogP contribution is -2.60. The summed E-state index contributed by atoms with van der Waals surface area (Å²) in [6.07, 6.45) is 2.55. The van der Waals surface area contributed by atoms with E-state index in [2.05, 4.69) is 0 Å². The Balaban J connectivity index is 3.48. The topological polar surface area (TPSA) is 52.6 Å². The van der Waals surface area contributed by atoms with E-state index < -0.39 is 30.0 Å². The molecule has 114 valence electrons. The summed E-state index contributed by atoms with van der Waals surface area (Å²) in [6, 6.07) is 0. The molecular formula is C13H20Cl2O4Si. The molecule has 7 heteroatoms. The summed E-state index contributed by atoms with van der Waals surface area (Å²) < 4.78 is 8.86. The van der Waals surface area contributed by atoms with E-state index in [0.717, 1.165) is 6.42 Å². The second kappa shape index (κ2) is 5.79. The van der Waals surface area contributed by atoms with Crippen LogP contribution in [0.25, 0.3) is 0 Å². The monoisotopic (exact) mass is 338 g/mol. The summed E-state index contributed by atoms with van der Waals surface area (Å²) in [7, 11) is -0.996. The first-order chi connectivity index (χ1) is 9.03. The molecule has 0 saturated carbocycles. The minimum Gasteiger partial charge on any atom is -0.467 e. The van der Waals surface area contributed by atoms with Gasteiger partial charge in [0.1, 0.15) is 0 Å². The van der Waals surface area contributed by atoms with Gasteiger partial charge in [-0.1, -0.05) is 36.5 Å². The minimum absolute atomic E-state index is 0.490. The predicted octanol–water partition coefficient (Wildman–Crippen LogP) is 3.23. The van der Waals surface area contributed by atoms with Crippen LogP contribution in [-0.4, -0.2) is 37.1 Å². The minimum atomic E-state index is -2.23. The van der Waals surface area contributed by atoms with Crippen LogP contribution in [-0.2, 0) is 18.8 Å². The van der Waals surface area contributed by atoms with E-state index in [9.17, 15) is 9.59 Å². The Hall–Kier alpha value is -0.363. The van der Waals surface area contributed by atoms with Gasteiger partial charge in [-0.05, 0) is 37.7 Å². The molecule has 0 aromatic rings. The maximum Gasteiger partial charge on any atom is 0.345 e. The first kappa shape index (κ1) is 17.7. The van der Waals surface area contributed by atoms with Crippen molar-refractivity contribution in [3.8, 4) is 0 Å². The number of carbonyl (C=O) groups is 2. The van der Waals surface area contributed by atoms with E-state index in [-0.39, 0.29) is 0 Å². The molecule has 0 saturated heterocycles. The van der Waals surface area contributed by atoms with Crippen molar-refractivity contribution in [1.29, 1.82) is 0 Å². The fourth-order valence-corrected chi connectivity index (χ4v) is 4.28. The number of methoxy groups -OCH3 is 1. The summed E-state index contributed by atoms with van der Waals surface area (Å²) in [4.78, 5) is 24.5. The summed E-state index contributed by atoms with van der Waals surface area (Å²) in [6.45, 7) is 7.63. The van der Waals surface area contributed by atoms with Crippen LogP contribution in [0.5, 0.6) is 0 Å². The second-order valence-corrected chi connectivity index (χ2v) is 11.5. The number of rotatable bonds is 5. The Bertz CT molecular complexity index is 454. The molecule has 0 N–H and O–H groups in total. The average molecular weight is 339 g/mol. The van der Waals surface area contributed by atoms with Crippen LogP contribution >= 0.6 is 23.2 Å². The zero-order valence-corrected chi connectivity index (χ0v) is 14.9. The highest BCUT2D eigenvalue weighted by Gasteiger charge is 2.67. The lowest BCUT2D eigenvalue weighted by molar-refractivity contribution is -0.158. The Kier molecular flexibility index (Phi) is 5.12. The van der Waals surface area contributed by atoms with Crippen molar-refractivity contribution in [2.45, 2.75) is 49.3 Å². The van der Waals surface area contributed by atoms with E-state index in [1.54, 1.807) is 0 Å². The van der Waals surface area contributed by atoms with Gasteiger partial charge in [-0.3, -0.25) is 4.79 Å². The lowest BCUT2D eigenvalue weighted by atomic mass is 9.91. The molecule has 20 heavy (non-hydrogen) atoms. The van der Waals surface area contributed by atoms with Crippen LogP contribution in [0.3, 0.4) is 0 Å². The molecule has 0 radical (unpaired) electrons. The van der Waals surface area contributed by atoms with Gasteiger partial charge in [-0.25, -0.2) is 4.79 Å². The Morgan fingerprint density at radius 2 is 1.90 bits per heavy atom. The fourth-order valence-electron chi connectivity index (χ4n) is 2.28. The van der Waals surface area contributed by atoms with Crippen molar-refractivity contribution in [2.24, 2.45) is 0 Å². The van der Waals surface area contributed by atoms with Gasteiger partial charge in [0, 0.05) is 0 Å². The van der Waals surface area contributed by atoms with Crippen LogP contribution in [0.2, 0.25) is 19.6 Å². The van der Waals surface area contributed by atoms with Gasteiger partial charge in [0.15, 0.2) is 14.1 Å². The molecule has 1 aliphatic carbocycles. The number of alkyl halides is 2. The van der Waals surface area contributed by atoms with E-state index in [4.69, 9.17) is 32.4 Å². The van der Waals surface area contributed by atoms with E-state index in [1.807, 2.05) is 26.6 Å². The molecule has 0 fully saturated rings. The molecule has 0 spiro atoms. The smallest absolute Gasteiger partial charge is 0.345 e. The number of hydrogen-bond acceptors (Lipinski definition) is 4. The summed E-state index contributed by atoms with van der Waals surface area (Å²) in [5, 5.41) is 0. The summed E-state index contributed by atoms with van der Waals surface area (Å²) in [5.41, 5.74) is -1.24. The molecule has 1 rings (SSSR count). The molecule has 1 unspecified atom stereocenters. The molecular weight excluding hydrogens is 319 g/mol. The van der Waals surface area contributed by atoms with E-state index in [0.29, 0.717) is 12.0 Å². The van der Waals surface area contributed by atoms with E-state index in [1.165, 1.54) is 13.2 Å². The molecule has 0 aliphatic heterocycles. The van der Waals surface area contributed by atoms with Gasteiger partial charge in [0.2, 0.25) is 9.93 Å². The van der Waals surface area contributed by atoms with Crippen LogP contribution in [0.1, 0.15) is 19.8 Å². The molecule has 1 atom stereocenters. The van der Waals surface area contributed by atoms with Crippen molar-refractivity contribution in [2.75, 3.05) is 7.11 Å². The van der Waals surface area contributed by atoms with Gasteiger partial charge in [-0.15, -0.1) is 0 Å². The van der Waals surface area contributed by atoms with E-state index >= 15 is 0 Å². The predicted molar refractivity (Wildman–Crippen MR) is 81.6 cm³/mol. The normalized spacial score (nSPS) is 25.6. The lowest BCUT2D eigenvalue weighted by Gasteiger charge is -2.40. The SMILES string of the molecule is CCCC1=CC(=O)C(Cl)(Cl)C1(O[Si](C)(C)C)C(=O)OC. The molecule has 1 aliphatic rings. The zero-order valence-electron chi connectivity index (χ0n) is 12.4. The standard InChI is InChI=1S/C13H20Cl2O4Si/c1-6-7-9-8-10(16)13(14,15)12(9,11(17)18-2)19-20(3,4)5/h8H,6-7H2,1-5H3. The van der Waals surface area contributed by atoms with Crippen molar-refractivity contribution in [3.05, 3.63) is 11.6 Å². The van der Waals surface area contributed by atoms with Gasteiger partial charge in [0.25, 0.3) is 0 Å². The van der Waals surface area contributed by atoms with Crippen LogP contribution in [0, 0.1) is 0 Å². The largest absolute Gasteiger partial charge is 0.467 e. The highest BCUT2D eigenvalue weighted by atomic mass is 35.5. The molecule has 0 aromatic heterocycles. The molecule has 0 amide bonds. The van der Waals surface area contributed by atoms with Crippen LogP contribution in [0.4, 0.5) is 0 Å². The first-order valence-corrected chi connectivity index (χ1v) is 10.6. The number of carbonyl (C=O) groups excluding carboxylic acids is 2. The zero-order chi connectivity index (χ0) is 15.8. The quantitative estimate of drug-likeness (QED) is 0.438. The fraction of sp³-hybridized carbons (Fsp3) is 0.692. The van der Waals surface area contributed by atoms with Gasteiger partial charge in [0.05, 0.1) is 7.11 Å². The maximum atomic E-state index is 12.4. The second-order valence-electron chi connectivity index (χ2n) is 5.75. The molecule has 0 aromatic carbocycles. The number of ketones is 1. The van der Waals surface area contributed by atoms with Crippen molar-refractivity contribution in [1.82, 2.24) is 0 Å². The molecule has 0 heterocycles. The summed E-state index contributed by atoms with van der Waals surface area (Å²) >= 11 is 12.4. The number of allylic oxidation sites excluding steroid dienone is 1. The average Bonchev–Trinajstić information content (AvgIpc) is 2.49. The third-order valence-electron chi connectivity index (χ3n) is 2.96. The highest BCUT2D eigenvalue weighted by molar-refractivity contribution is 6.71. The Morgan fingerprint density at radius 3 is 2.30 bits per heavy atom. The number of ether oxygens (including phenoxy) is 1. The first-order valence-electron chi connectivity index (χ1n) is 6.44. The molecule has 0 bridgehead atoms. The number of halogens is 2.